The van der Waals surface area contributed by atoms with E-state index in [0.29, 0.717) is 0 Å². The average molecular weight is 356 g/mol. The number of amides is 1. The van der Waals surface area contributed by atoms with Gasteiger partial charge in [-0.25, -0.2) is 9.18 Å². The number of anilines is 2. The normalized spacial score (nSPS) is 11.0. The number of benzene rings is 2. The summed E-state index contributed by atoms with van der Waals surface area (Å²) < 4.78 is 55.4. The van der Waals surface area contributed by atoms with E-state index in [4.69, 9.17) is 10.5 Å². The van der Waals surface area contributed by atoms with Crippen molar-refractivity contribution in [3.8, 4) is 0 Å². The maximum atomic E-state index is 12.9. The number of halogens is 4. The third kappa shape index (κ3) is 4.93. The van der Waals surface area contributed by atoms with Crippen molar-refractivity contribution in [2.75, 3.05) is 17.7 Å². The zero-order chi connectivity index (χ0) is 18.6. The van der Waals surface area contributed by atoms with E-state index < -0.39 is 36.0 Å². The van der Waals surface area contributed by atoms with E-state index in [1.54, 1.807) is 0 Å². The third-order valence-corrected chi connectivity index (χ3v) is 3.04. The van der Waals surface area contributed by atoms with Crippen LogP contribution in [-0.4, -0.2) is 18.5 Å². The molecule has 132 valence electrons. The monoisotopic (exact) mass is 356 g/mol. The Morgan fingerprint density at radius 3 is 2.48 bits per heavy atom. The van der Waals surface area contributed by atoms with Gasteiger partial charge in [0.05, 0.1) is 11.1 Å². The van der Waals surface area contributed by atoms with Crippen molar-refractivity contribution in [3.63, 3.8) is 0 Å². The molecule has 2 aromatic carbocycles. The Morgan fingerprint density at radius 2 is 1.84 bits per heavy atom. The Labute approximate surface area is 139 Å². The molecule has 2 rings (SSSR count). The van der Waals surface area contributed by atoms with Crippen molar-refractivity contribution in [2.24, 2.45) is 0 Å². The first kappa shape index (κ1) is 18.2. The van der Waals surface area contributed by atoms with Gasteiger partial charge in [-0.2, -0.15) is 13.2 Å². The van der Waals surface area contributed by atoms with Crippen LogP contribution >= 0.6 is 0 Å². The molecule has 0 aliphatic rings. The lowest BCUT2D eigenvalue weighted by Crippen LogP contribution is -2.21. The number of carbonyl (C=O) groups is 2. The molecule has 1 amide bonds. The predicted octanol–water partition coefficient (Wildman–Crippen LogP) is 3.22. The number of esters is 1. The van der Waals surface area contributed by atoms with Crippen LogP contribution in [-0.2, 0) is 15.7 Å². The highest BCUT2D eigenvalue weighted by Crippen LogP contribution is 2.30. The summed E-state index contributed by atoms with van der Waals surface area (Å²) in [6.07, 6.45) is -4.55. The molecular weight excluding hydrogens is 344 g/mol. The first-order chi connectivity index (χ1) is 11.7. The molecule has 9 heteroatoms. The molecule has 5 nitrogen and oxygen atoms in total. The molecule has 0 aliphatic carbocycles. The van der Waals surface area contributed by atoms with Crippen LogP contribution < -0.4 is 11.1 Å². The van der Waals surface area contributed by atoms with Gasteiger partial charge in [0.2, 0.25) is 0 Å². The number of rotatable bonds is 4. The number of hydrogen-bond donors (Lipinski definition) is 2. The van der Waals surface area contributed by atoms with Gasteiger partial charge in [-0.05, 0) is 36.4 Å². The van der Waals surface area contributed by atoms with Crippen molar-refractivity contribution in [2.45, 2.75) is 6.18 Å². The minimum absolute atomic E-state index is 0.0998. The van der Waals surface area contributed by atoms with Gasteiger partial charge in [-0.3, -0.25) is 4.79 Å². The molecule has 3 N–H and O–H groups in total. The predicted molar refractivity (Wildman–Crippen MR) is 81.2 cm³/mol. The number of alkyl halides is 3. The second-order valence-electron chi connectivity index (χ2n) is 4.93. The summed E-state index contributed by atoms with van der Waals surface area (Å²) in [5.41, 5.74) is 4.14. The van der Waals surface area contributed by atoms with Crippen molar-refractivity contribution in [3.05, 3.63) is 59.4 Å². The topological polar surface area (TPSA) is 81.4 Å². The average Bonchev–Trinajstić information content (AvgIpc) is 2.52. The first-order valence-corrected chi connectivity index (χ1v) is 6.86. The number of ether oxygens (including phenoxy) is 1. The molecule has 0 fully saturated rings. The summed E-state index contributed by atoms with van der Waals surface area (Å²) in [6, 6.07) is 6.99. The molecule has 0 unspecified atom stereocenters. The lowest BCUT2D eigenvalue weighted by Gasteiger charge is -2.10. The molecular formula is C16H12F4N2O3. The molecule has 0 aromatic heterocycles. The molecule has 25 heavy (non-hydrogen) atoms. The van der Waals surface area contributed by atoms with Gasteiger partial charge >= 0.3 is 12.1 Å². The summed E-state index contributed by atoms with van der Waals surface area (Å²) in [4.78, 5) is 23.5. The second-order valence-corrected chi connectivity index (χ2v) is 4.93. The Bertz CT molecular complexity index is 806. The summed E-state index contributed by atoms with van der Waals surface area (Å²) >= 11 is 0. The van der Waals surface area contributed by atoms with E-state index >= 15 is 0 Å². The van der Waals surface area contributed by atoms with E-state index in [-0.39, 0.29) is 16.9 Å². The number of carbonyl (C=O) groups excluding carboxylic acids is 2. The van der Waals surface area contributed by atoms with E-state index in [2.05, 4.69) is 5.32 Å². The first-order valence-electron chi connectivity index (χ1n) is 6.86. The minimum Gasteiger partial charge on any atom is -0.452 e. The van der Waals surface area contributed by atoms with Crippen molar-refractivity contribution < 1.29 is 31.9 Å². The quantitative estimate of drug-likeness (QED) is 0.501. The van der Waals surface area contributed by atoms with Crippen LogP contribution in [0.1, 0.15) is 15.9 Å². The van der Waals surface area contributed by atoms with E-state index in [1.165, 1.54) is 6.07 Å². The number of hydrogen-bond acceptors (Lipinski definition) is 4. The Hall–Kier alpha value is -3.10. The van der Waals surface area contributed by atoms with Gasteiger partial charge in [-0.15, -0.1) is 0 Å². The highest BCUT2D eigenvalue weighted by atomic mass is 19.4. The van der Waals surface area contributed by atoms with Gasteiger partial charge in [0.25, 0.3) is 5.91 Å². The van der Waals surface area contributed by atoms with E-state index in [1.807, 2.05) is 0 Å². The number of nitrogens with two attached hydrogens (primary N) is 1. The summed E-state index contributed by atoms with van der Waals surface area (Å²) in [7, 11) is 0. The van der Waals surface area contributed by atoms with Gasteiger partial charge < -0.3 is 15.8 Å². The molecule has 0 aliphatic heterocycles. The molecule has 0 saturated heterocycles. The third-order valence-electron chi connectivity index (χ3n) is 3.04. The van der Waals surface area contributed by atoms with Crippen molar-refractivity contribution in [1.82, 2.24) is 0 Å². The lowest BCUT2D eigenvalue weighted by atomic mass is 10.2. The van der Waals surface area contributed by atoms with Crippen molar-refractivity contribution >= 4 is 23.3 Å². The van der Waals surface area contributed by atoms with Crippen LogP contribution in [0.4, 0.5) is 28.9 Å². The summed E-state index contributed by atoms with van der Waals surface area (Å²) in [5, 5.41) is 2.18. The molecule has 0 atom stereocenters. The molecule has 0 saturated carbocycles. The maximum Gasteiger partial charge on any atom is 0.416 e. The van der Waals surface area contributed by atoms with Crippen LogP contribution in [0.25, 0.3) is 0 Å². The second kappa shape index (κ2) is 7.20. The van der Waals surface area contributed by atoms with E-state index in [9.17, 15) is 27.2 Å². The molecule has 0 bridgehead atoms. The van der Waals surface area contributed by atoms with Gasteiger partial charge in [0, 0.05) is 11.4 Å². The lowest BCUT2D eigenvalue weighted by molar-refractivity contribution is -0.137. The highest BCUT2D eigenvalue weighted by molar-refractivity contribution is 5.98. The van der Waals surface area contributed by atoms with Gasteiger partial charge in [0.1, 0.15) is 5.82 Å². The SMILES string of the molecule is Nc1cc(F)ccc1C(=O)OCC(=O)Nc1cccc(C(F)(F)F)c1. The molecule has 0 heterocycles. The molecule has 2 aromatic rings. The maximum absolute atomic E-state index is 12.9. The van der Waals surface area contributed by atoms with E-state index in [0.717, 1.165) is 36.4 Å². The number of nitrogen functional groups attached to an aromatic ring is 1. The zero-order valence-corrected chi connectivity index (χ0v) is 12.6. The van der Waals surface area contributed by atoms with Crippen LogP contribution in [0.2, 0.25) is 0 Å². The van der Waals surface area contributed by atoms with Crippen LogP contribution in [0, 0.1) is 5.82 Å². The summed E-state index contributed by atoms with van der Waals surface area (Å²) in [6.45, 7) is -0.744. The van der Waals surface area contributed by atoms with Crippen molar-refractivity contribution in [1.29, 1.82) is 0 Å². The molecule has 0 radical (unpaired) electrons. The number of nitrogens with one attached hydrogen (secondary N) is 1. The smallest absolute Gasteiger partial charge is 0.416 e. The Balaban J connectivity index is 1.96. The van der Waals surface area contributed by atoms with Crippen LogP contribution in [0.3, 0.4) is 0 Å². The Kier molecular flexibility index (Phi) is 5.26. The standard InChI is InChI=1S/C16H12F4N2O3/c17-10-4-5-12(13(21)7-10)15(24)25-8-14(23)22-11-3-1-2-9(6-11)16(18,19)20/h1-7H,8,21H2,(H,22,23). The zero-order valence-electron chi connectivity index (χ0n) is 12.6. The highest BCUT2D eigenvalue weighted by Gasteiger charge is 2.30. The van der Waals surface area contributed by atoms with Crippen LogP contribution in [0.15, 0.2) is 42.5 Å². The fraction of sp³-hybridized carbons (Fsp3) is 0.125. The van der Waals surface area contributed by atoms with Gasteiger partial charge in [-0.1, -0.05) is 6.07 Å². The fourth-order valence-corrected chi connectivity index (χ4v) is 1.90. The Morgan fingerprint density at radius 1 is 1.12 bits per heavy atom. The molecule has 0 spiro atoms. The summed E-state index contributed by atoms with van der Waals surface area (Å²) in [5.74, 6) is -2.44. The van der Waals surface area contributed by atoms with Gasteiger partial charge in [0.15, 0.2) is 6.61 Å². The largest absolute Gasteiger partial charge is 0.452 e. The fourth-order valence-electron chi connectivity index (χ4n) is 1.90. The van der Waals surface area contributed by atoms with Crippen LogP contribution in [0.5, 0.6) is 0 Å². The minimum atomic E-state index is -4.55.